The Morgan fingerprint density at radius 3 is 0.639 bits per heavy atom. The van der Waals surface area contributed by atoms with E-state index in [1.807, 2.05) is 0 Å². The predicted molar refractivity (Wildman–Crippen MR) is 163 cm³/mol. The summed E-state index contributed by atoms with van der Waals surface area (Å²) in [6, 6.07) is 0. The van der Waals surface area contributed by atoms with Crippen molar-refractivity contribution in [2.24, 2.45) is 0 Å². The molecule has 0 saturated heterocycles. The molecule has 0 bridgehead atoms. The summed E-state index contributed by atoms with van der Waals surface area (Å²) in [7, 11) is 6.94. The topological polar surface area (TPSA) is 46.1 Å². The molecule has 0 unspecified atom stereocenters. The van der Waals surface area contributed by atoms with Crippen LogP contribution in [0.2, 0.25) is 0 Å². The molecule has 0 rings (SSSR count). The predicted octanol–water partition coefficient (Wildman–Crippen LogP) is 10.5. The molecule has 0 saturated carbocycles. The van der Waals surface area contributed by atoms with Gasteiger partial charge in [0.1, 0.15) is 0 Å². The summed E-state index contributed by atoms with van der Waals surface area (Å²) in [4.78, 5) is 0. The van der Waals surface area contributed by atoms with Gasteiger partial charge >= 0.3 is 0 Å². The van der Waals surface area contributed by atoms with Gasteiger partial charge in [0.05, 0.1) is 41.3 Å². The van der Waals surface area contributed by atoms with Crippen molar-refractivity contribution < 1.29 is 9.29 Å². The molecule has 0 amide bonds. The first-order chi connectivity index (χ1) is 17.1. The fourth-order valence-electron chi connectivity index (χ4n) is 4.67. The number of rotatable bonds is 26. The van der Waals surface area contributed by atoms with Gasteiger partial charge in [-0.1, -0.05) is 142 Å². The third-order valence-corrected chi connectivity index (χ3v) is 7.10. The van der Waals surface area contributed by atoms with Gasteiger partial charge in [-0.15, -0.1) is 0 Å². The van der Waals surface area contributed by atoms with E-state index in [0.29, 0.717) is 0 Å². The van der Waals surface area contributed by atoms with Crippen LogP contribution in [0.15, 0.2) is 0 Å². The molecular weight excluding hydrogens is 444 g/mol. The van der Waals surface area contributed by atoms with Gasteiger partial charge in [-0.3, -0.25) is 0 Å². The van der Waals surface area contributed by atoms with Crippen LogP contribution in [0.3, 0.4) is 0 Å². The van der Waals surface area contributed by atoms with Crippen molar-refractivity contribution >= 4 is 0 Å². The summed E-state index contributed by atoms with van der Waals surface area (Å²) in [6.45, 7) is 6.09. The number of quaternary nitrogens is 2. The SMILES string of the molecule is CCCCCCCCCCCCCCCC[N+](C)(C)[O-].CCCCCCCCCCCC[N+](C)(C)[O-]. The number of nitrogens with zero attached hydrogens (tertiary/aromatic N) is 2. The second-order valence-corrected chi connectivity index (χ2v) is 12.4. The number of hydrogen-bond acceptors (Lipinski definition) is 2. The highest BCUT2D eigenvalue weighted by atomic mass is 16.5. The van der Waals surface area contributed by atoms with E-state index in [-0.39, 0.29) is 9.29 Å². The van der Waals surface area contributed by atoms with Gasteiger partial charge < -0.3 is 19.7 Å². The van der Waals surface area contributed by atoms with Crippen LogP contribution in [-0.2, 0) is 0 Å². The lowest BCUT2D eigenvalue weighted by Crippen LogP contribution is -2.32. The summed E-state index contributed by atoms with van der Waals surface area (Å²) in [6.07, 6.45) is 32.6. The van der Waals surface area contributed by atoms with Crippen LogP contribution in [-0.4, -0.2) is 50.6 Å². The lowest BCUT2D eigenvalue weighted by Gasteiger charge is -2.33. The molecule has 0 radical (unpaired) electrons. The Balaban J connectivity index is 0. The fraction of sp³-hybridized carbons (Fsp3) is 1.00. The molecule has 220 valence electrons. The van der Waals surface area contributed by atoms with Crippen molar-refractivity contribution in [3.8, 4) is 0 Å². The summed E-state index contributed by atoms with van der Waals surface area (Å²) < 4.78 is -0.255. The van der Waals surface area contributed by atoms with E-state index < -0.39 is 0 Å². The second-order valence-electron chi connectivity index (χ2n) is 12.4. The first-order valence-electron chi connectivity index (χ1n) is 16.2. The van der Waals surface area contributed by atoms with Crippen LogP contribution >= 0.6 is 0 Å². The second kappa shape index (κ2) is 27.9. The van der Waals surface area contributed by atoms with E-state index in [1.165, 1.54) is 141 Å². The zero-order chi connectivity index (χ0) is 27.4. The summed E-state index contributed by atoms with van der Waals surface area (Å²) >= 11 is 0. The summed E-state index contributed by atoms with van der Waals surface area (Å²) in [5.41, 5.74) is 0. The van der Waals surface area contributed by atoms with Gasteiger partial charge in [0.15, 0.2) is 0 Å². The average Bonchev–Trinajstić information content (AvgIpc) is 2.79. The molecular formula is C32H70N2O2. The van der Waals surface area contributed by atoms with E-state index in [0.717, 1.165) is 25.9 Å². The van der Waals surface area contributed by atoms with Crippen molar-refractivity contribution in [3.05, 3.63) is 10.4 Å². The highest BCUT2D eigenvalue weighted by Crippen LogP contribution is 2.14. The van der Waals surface area contributed by atoms with E-state index >= 15 is 0 Å². The first-order valence-corrected chi connectivity index (χ1v) is 16.2. The Morgan fingerprint density at radius 1 is 0.306 bits per heavy atom. The minimum Gasteiger partial charge on any atom is -0.633 e. The molecule has 0 aliphatic carbocycles. The Hall–Kier alpha value is -0.160. The molecule has 0 atom stereocenters. The van der Waals surface area contributed by atoms with Crippen molar-refractivity contribution in [1.82, 2.24) is 0 Å². The summed E-state index contributed by atoms with van der Waals surface area (Å²) in [5, 5.41) is 22.6. The highest BCUT2D eigenvalue weighted by Gasteiger charge is 2.01. The maximum absolute atomic E-state index is 11.4. The van der Waals surface area contributed by atoms with Crippen LogP contribution < -0.4 is 0 Å². The van der Waals surface area contributed by atoms with Gasteiger partial charge in [-0.25, -0.2) is 0 Å². The smallest absolute Gasteiger partial charge is 0.0779 e. The zero-order valence-corrected chi connectivity index (χ0v) is 26.1. The largest absolute Gasteiger partial charge is 0.633 e. The molecule has 4 heteroatoms. The molecule has 0 spiro atoms. The molecule has 0 N–H and O–H groups in total. The molecule has 0 aromatic rings. The quantitative estimate of drug-likeness (QED) is 0.0654. The van der Waals surface area contributed by atoms with E-state index in [2.05, 4.69) is 13.8 Å². The van der Waals surface area contributed by atoms with Gasteiger partial charge in [0.2, 0.25) is 0 Å². The number of unbranched alkanes of at least 4 members (excludes halogenated alkanes) is 22. The normalized spacial score (nSPS) is 12.0. The standard InChI is InChI=1S/C18H39NO.C14H31NO/c1-4-5-6-7-8-9-10-11-12-13-14-15-16-17-18-19(2,3)20;1-4-5-6-7-8-9-10-11-12-13-14-15(2,3)16/h4-18H2,1-3H3;4-14H2,1-3H3. The maximum Gasteiger partial charge on any atom is 0.0779 e. The van der Waals surface area contributed by atoms with Crippen LogP contribution in [0.1, 0.15) is 168 Å². The van der Waals surface area contributed by atoms with Crippen molar-refractivity contribution in [2.75, 3.05) is 41.3 Å². The van der Waals surface area contributed by atoms with Gasteiger partial charge in [0.25, 0.3) is 0 Å². The van der Waals surface area contributed by atoms with Crippen molar-refractivity contribution in [1.29, 1.82) is 0 Å². The van der Waals surface area contributed by atoms with Gasteiger partial charge in [-0.05, 0) is 25.7 Å². The lowest BCUT2D eigenvalue weighted by atomic mass is 10.0. The Labute approximate surface area is 228 Å². The van der Waals surface area contributed by atoms with E-state index in [9.17, 15) is 10.4 Å². The molecule has 0 heterocycles. The van der Waals surface area contributed by atoms with Crippen LogP contribution in [0.25, 0.3) is 0 Å². The molecule has 0 aliphatic heterocycles. The molecule has 36 heavy (non-hydrogen) atoms. The molecule has 0 aromatic carbocycles. The Kier molecular flexibility index (Phi) is 29.4. The minimum absolute atomic E-state index is 0.127. The Bertz CT molecular complexity index is 402. The first kappa shape index (κ1) is 38.0. The highest BCUT2D eigenvalue weighted by molar-refractivity contribution is 4.50. The van der Waals surface area contributed by atoms with Gasteiger partial charge in [-0.2, -0.15) is 0 Å². The minimum atomic E-state index is -0.128. The van der Waals surface area contributed by atoms with E-state index in [1.54, 1.807) is 28.2 Å². The molecule has 0 fully saturated rings. The third-order valence-electron chi connectivity index (χ3n) is 7.10. The number of hydrogen-bond donors (Lipinski definition) is 0. The van der Waals surface area contributed by atoms with E-state index in [4.69, 9.17) is 0 Å². The van der Waals surface area contributed by atoms with Crippen LogP contribution in [0, 0.1) is 10.4 Å². The van der Waals surface area contributed by atoms with Crippen molar-refractivity contribution in [3.63, 3.8) is 0 Å². The molecule has 4 nitrogen and oxygen atoms in total. The van der Waals surface area contributed by atoms with Gasteiger partial charge in [0, 0.05) is 0 Å². The lowest BCUT2D eigenvalue weighted by molar-refractivity contribution is -0.840. The average molecular weight is 515 g/mol. The molecule has 0 aromatic heterocycles. The van der Waals surface area contributed by atoms with Crippen LogP contribution in [0.5, 0.6) is 0 Å². The van der Waals surface area contributed by atoms with Crippen LogP contribution in [0.4, 0.5) is 0 Å². The Morgan fingerprint density at radius 2 is 0.472 bits per heavy atom. The zero-order valence-electron chi connectivity index (χ0n) is 26.1. The maximum atomic E-state index is 11.4. The summed E-state index contributed by atoms with van der Waals surface area (Å²) in [5.74, 6) is 0. The number of hydroxylamine groups is 6. The third kappa shape index (κ3) is 41.0. The molecule has 0 aliphatic rings. The van der Waals surface area contributed by atoms with Crippen molar-refractivity contribution in [2.45, 2.75) is 168 Å². The fourth-order valence-corrected chi connectivity index (χ4v) is 4.67. The monoisotopic (exact) mass is 515 g/mol.